The van der Waals surface area contributed by atoms with E-state index in [1.165, 1.54) is 44.2 Å². The van der Waals surface area contributed by atoms with Crippen LogP contribution in [0, 0.1) is 0 Å². The molecule has 1 aliphatic carbocycles. The van der Waals surface area contributed by atoms with Crippen LogP contribution in [0.3, 0.4) is 0 Å². The fraction of sp³-hybridized carbons (Fsp3) is 0. The van der Waals surface area contributed by atoms with Crippen molar-refractivity contribution in [2.75, 3.05) is 0 Å². The molecule has 0 aliphatic heterocycles. The van der Waals surface area contributed by atoms with Gasteiger partial charge in [-0.25, -0.2) is 15.0 Å². The summed E-state index contributed by atoms with van der Waals surface area (Å²) in [5.74, 6) is 1.97. The smallest absolute Gasteiger partial charge is 0.164 e. The lowest BCUT2D eigenvalue weighted by Gasteiger charge is -2.14. The summed E-state index contributed by atoms with van der Waals surface area (Å²) in [7, 11) is 0. The van der Waals surface area contributed by atoms with Crippen molar-refractivity contribution in [2.24, 2.45) is 0 Å². The van der Waals surface area contributed by atoms with Crippen molar-refractivity contribution in [1.29, 1.82) is 0 Å². The normalized spacial score (nSPS) is 11.5. The van der Waals surface area contributed by atoms with Crippen molar-refractivity contribution in [3.05, 3.63) is 164 Å². The first-order valence-electron chi connectivity index (χ1n) is 15.5. The van der Waals surface area contributed by atoms with Crippen molar-refractivity contribution in [3.8, 4) is 78.7 Å². The van der Waals surface area contributed by atoms with E-state index in [4.69, 9.17) is 15.0 Å². The lowest BCUT2D eigenvalue weighted by Crippen LogP contribution is -2.00. The first kappa shape index (κ1) is 26.2. The summed E-state index contributed by atoms with van der Waals surface area (Å²) in [5.41, 5.74) is 12.7. The van der Waals surface area contributed by atoms with Gasteiger partial charge in [-0.15, -0.1) is 0 Å². The first-order valence-corrected chi connectivity index (χ1v) is 15.5. The molecule has 0 saturated carbocycles. The summed E-state index contributed by atoms with van der Waals surface area (Å²) in [5, 5.41) is 2.55. The zero-order chi connectivity index (χ0) is 30.5. The Hall–Kier alpha value is -6.19. The van der Waals surface area contributed by atoms with E-state index < -0.39 is 0 Å². The predicted octanol–water partition coefficient (Wildman–Crippen LogP) is 11.0. The molecule has 0 spiro atoms. The fourth-order valence-electron chi connectivity index (χ4n) is 6.70. The minimum Gasteiger partial charge on any atom is -0.208 e. The van der Waals surface area contributed by atoms with Gasteiger partial charge in [-0.05, 0) is 67.4 Å². The molecular weight excluding hydrogens is 558 g/mol. The van der Waals surface area contributed by atoms with Crippen LogP contribution in [0.2, 0.25) is 0 Å². The Bertz CT molecular complexity index is 2350. The number of hydrogen-bond acceptors (Lipinski definition) is 3. The molecule has 214 valence electrons. The van der Waals surface area contributed by atoms with Crippen LogP contribution in [0.1, 0.15) is 0 Å². The molecule has 3 nitrogen and oxygen atoms in total. The van der Waals surface area contributed by atoms with E-state index in [1.54, 1.807) is 0 Å². The van der Waals surface area contributed by atoms with Crippen molar-refractivity contribution in [3.63, 3.8) is 0 Å². The molecule has 46 heavy (non-hydrogen) atoms. The predicted molar refractivity (Wildman–Crippen MR) is 189 cm³/mol. The Morgan fingerprint density at radius 1 is 0.261 bits per heavy atom. The number of nitrogens with zero attached hydrogens (tertiary/aromatic N) is 3. The monoisotopic (exact) mass is 585 g/mol. The number of rotatable bonds is 4. The van der Waals surface area contributed by atoms with Crippen molar-refractivity contribution >= 4 is 10.8 Å². The average molecular weight is 586 g/mol. The number of benzene rings is 7. The van der Waals surface area contributed by atoms with Gasteiger partial charge in [0.1, 0.15) is 0 Å². The maximum Gasteiger partial charge on any atom is 0.164 e. The molecule has 3 heteroatoms. The van der Waals surface area contributed by atoms with Gasteiger partial charge in [0, 0.05) is 16.7 Å². The highest BCUT2D eigenvalue weighted by atomic mass is 15.0. The van der Waals surface area contributed by atoms with Crippen LogP contribution >= 0.6 is 0 Å². The third-order valence-electron chi connectivity index (χ3n) is 8.88. The van der Waals surface area contributed by atoms with Crippen molar-refractivity contribution in [1.82, 2.24) is 15.0 Å². The summed E-state index contributed by atoms with van der Waals surface area (Å²) >= 11 is 0. The minimum absolute atomic E-state index is 0.650. The van der Waals surface area contributed by atoms with Gasteiger partial charge in [-0.3, -0.25) is 0 Å². The van der Waals surface area contributed by atoms with Gasteiger partial charge in [0.15, 0.2) is 17.5 Å². The second kappa shape index (κ2) is 10.8. The zero-order valence-corrected chi connectivity index (χ0v) is 24.9. The van der Waals surface area contributed by atoms with Crippen LogP contribution in [-0.4, -0.2) is 15.0 Å². The fourth-order valence-corrected chi connectivity index (χ4v) is 6.70. The lowest BCUT2D eigenvalue weighted by atomic mass is 9.90. The molecule has 0 unspecified atom stereocenters. The highest BCUT2D eigenvalue weighted by Gasteiger charge is 2.21. The summed E-state index contributed by atoms with van der Waals surface area (Å²) in [6, 6.07) is 57.7. The number of fused-ring (bicyclic) bond motifs is 5. The summed E-state index contributed by atoms with van der Waals surface area (Å²) in [4.78, 5) is 14.8. The third kappa shape index (κ3) is 4.41. The highest BCUT2D eigenvalue weighted by Crippen LogP contribution is 2.48. The largest absolute Gasteiger partial charge is 0.208 e. The van der Waals surface area contributed by atoms with E-state index >= 15 is 0 Å². The van der Waals surface area contributed by atoms with E-state index in [1.807, 2.05) is 60.7 Å². The molecule has 0 radical (unpaired) electrons. The van der Waals surface area contributed by atoms with Crippen LogP contribution in [-0.2, 0) is 0 Å². The Labute approximate surface area is 267 Å². The van der Waals surface area contributed by atoms with Crippen LogP contribution in [0.4, 0.5) is 0 Å². The van der Waals surface area contributed by atoms with Gasteiger partial charge in [0.25, 0.3) is 0 Å². The topological polar surface area (TPSA) is 38.7 Å². The molecule has 0 fully saturated rings. The first-order chi connectivity index (χ1) is 22.8. The van der Waals surface area contributed by atoms with Gasteiger partial charge in [-0.2, -0.15) is 0 Å². The van der Waals surface area contributed by atoms with E-state index in [9.17, 15) is 0 Å². The van der Waals surface area contributed by atoms with Crippen LogP contribution in [0.25, 0.3) is 89.4 Å². The SMILES string of the molecule is c1ccc(-c2nc(-c3ccccc3)nc(-c3cccc(-c4ccc5c(c4)-c4cccc6cccc(c46)-c4ccccc4-5)c3)n2)cc1. The zero-order valence-electron chi connectivity index (χ0n) is 24.9. The Morgan fingerprint density at radius 2 is 0.696 bits per heavy atom. The molecule has 8 aromatic rings. The molecule has 9 rings (SSSR count). The second-order valence-electron chi connectivity index (χ2n) is 11.6. The van der Waals surface area contributed by atoms with E-state index in [0.29, 0.717) is 17.5 Å². The summed E-state index contributed by atoms with van der Waals surface area (Å²) in [6.07, 6.45) is 0. The van der Waals surface area contributed by atoms with Crippen molar-refractivity contribution in [2.45, 2.75) is 0 Å². The van der Waals surface area contributed by atoms with Gasteiger partial charge in [-0.1, -0.05) is 152 Å². The molecule has 0 N–H and O–H groups in total. The molecule has 0 amide bonds. The quantitative estimate of drug-likeness (QED) is 0.206. The molecule has 0 saturated heterocycles. The van der Waals surface area contributed by atoms with E-state index in [-0.39, 0.29) is 0 Å². The third-order valence-corrected chi connectivity index (χ3v) is 8.88. The van der Waals surface area contributed by atoms with Crippen molar-refractivity contribution < 1.29 is 0 Å². The molecule has 7 aromatic carbocycles. The van der Waals surface area contributed by atoms with Crippen LogP contribution < -0.4 is 0 Å². The lowest BCUT2D eigenvalue weighted by molar-refractivity contribution is 1.07. The van der Waals surface area contributed by atoms with E-state index in [2.05, 4.69) is 103 Å². The Kier molecular flexibility index (Phi) is 6.14. The summed E-state index contributed by atoms with van der Waals surface area (Å²) in [6.45, 7) is 0. The Balaban J connectivity index is 1.21. The number of hydrogen-bond donors (Lipinski definition) is 0. The van der Waals surface area contributed by atoms with Crippen LogP contribution in [0.15, 0.2) is 164 Å². The standard InChI is InChI=1S/C43H27N3/c1-3-12-29(13-4-1)41-44-42(30-14-5-2-6-15-30)46-43(45-41)33-19-9-18-31(26-33)32-24-25-36-34-20-7-8-21-35(34)37-22-10-16-28-17-11-23-38(40(28)37)39(36)27-32/h1-27H. The average Bonchev–Trinajstić information content (AvgIpc) is 3.26. The summed E-state index contributed by atoms with van der Waals surface area (Å²) < 4.78 is 0. The molecule has 0 atom stereocenters. The second-order valence-corrected chi connectivity index (χ2v) is 11.6. The number of aromatic nitrogens is 3. The van der Waals surface area contributed by atoms with Crippen LogP contribution in [0.5, 0.6) is 0 Å². The highest BCUT2D eigenvalue weighted by molar-refractivity contribution is 6.13. The minimum atomic E-state index is 0.650. The van der Waals surface area contributed by atoms with Gasteiger partial charge >= 0.3 is 0 Å². The molecular formula is C43H27N3. The maximum absolute atomic E-state index is 4.97. The van der Waals surface area contributed by atoms with Gasteiger partial charge in [0.05, 0.1) is 0 Å². The molecule has 1 heterocycles. The Morgan fingerprint density at radius 3 is 1.35 bits per heavy atom. The molecule has 1 aromatic heterocycles. The molecule has 0 bridgehead atoms. The van der Waals surface area contributed by atoms with E-state index in [0.717, 1.165) is 27.8 Å². The van der Waals surface area contributed by atoms with Gasteiger partial charge < -0.3 is 0 Å². The molecule has 1 aliphatic rings. The van der Waals surface area contributed by atoms with Gasteiger partial charge in [0.2, 0.25) is 0 Å². The maximum atomic E-state index is 4.97.